The van der Waals surface area contributed by atoms with Crippen LogP contribution in [0, 0.1) is 0 Å². The van der Waals surface area contributed by atoms with Gasteiger partial charge in [-0.3, -0.25) is 4.79 Å². The van der Waals surface area contributed by atoms with Gasteiger partial charge in [0, 0.05) is 30.0 Å². The second kappa shape index (κ2) is 7.17. The largest absolute Gasteiger partial charge is 0.341 e. The molecule has 4 heteroatoms. The number of carbonyl (C=O) groups is 1. The van der Waals surface area contributed by atoms with Gasteiger partial charge in [0.2, 0.25) is 5.91 Å². The quantitative estimate of drug-likeness (QED) is 0.751. The number of unbranched alkanes of at least 4 members (excludes halogenated alkanes) is 2. The van der Waals surface area contributed by atoms with Gasteiger partial charge in [-0.05, 0) is 19.4 Å². The summed E-state index contributed by atoms with van der Waals surface area (Å²) in [6.45, 7) is 6.99. The third-order valence-electron chi connectivity index (χ3n) is 2.87. The summed E-state index contributed by atoms with van der Waals surface area (Å²) in [5, 5.41) is 1.16. The van der Waals surface area contributed by atoms with Crippen LogP contribution in [0.15, 0.2) is 0 Å². The van der Waals surface area contributed by atoms with Gasteiger partial charge in [0.25, 0.3) is 0 Å². The van der Waals surface area contributed by atoms with Crippen LogP contribution in [0.3, 0.4) is 0 Å². The fraction of sp³-hybridized carbons (Fsp3) is 0.917. The standard InChI is InChI=1S/C12H24N2OS/c1-10-8-14(9-11(2)16-10)12(15)6-4-3-5-7-13/h10-11H,3-9,13H2,1-2H3. The maximum Gasteiger partial charge on any atom is 0.222 e. The summed E-state index contributed by atoms with van der Waals surface area (Å²) in [4.78, 5) is 14.0. The molecule has 1 rings (SSSR count). The number of nitrogens with two attached hydrogens (primary N) is 1. The van der Waals surface area contributed by atoms with Gasteiger partial charge in [-0.25, -0.2) is 0 Å². The van der Waals surface area contributed by atoms with Crippen molar-refractivity contribution < 1.29 is 4.79 Å². The predicted molar refractivity (Wildman–Crippen MR) is 70.6 cm³/mol. The topological polar surface area (TPSA) is 46.3 Å². The van der Waals surface area contributed by atoms with Gasteiger partial charge in [0.15, 0.2) is 0 Å². The molecule has 0 aliphatic carbocycles. The van der Waals surface area contributed by atoms with Crippen molar-refractivity contribution in [3.63, 3.8) is 0 Å². The van der Waals surface area contributed by atoms with Crippen LogP contribution in [0.4, 0.5) is 0 Å². The zero-order chi connectivity index (χ0) is 12.0. The number of rotatable bonds is 5. The van der Waals surface area contributed by atoms with Crippen molar-refractivity contribution in [1.29, 1.82) is 0 Å². The van der Waals surface area contributed by atoms with E-state index in [-0.39, 0.29) is 0 Å². The monoisotopic (exact) mass is 244 g/mol. The zero-order valence-electron chi connectivity index (χ0n) is 10.4. The molecule has 1 aliphatic rings. The van der Waals surface area contributed by atoms with E-state index in [4.69, 9.17) is 5.73 Å². The molecule has 0 radical (unpaired) electrons. The first-order chi connectivity index (χ1) is 7.63. The zero-order valence-corrected chi connectivity index (χ0v) is 11.3. The molecule has 1 aliphatic heterocycles. The fourth-order valence-corrected chi connectivity index (χ4v) is 3.46. The van der Waals surface area contributed by atoms with Gasteiger partial charge < -0.3 is 10.6 Å². The minimum atomic E-state index is 0.330. The van der Waals surface area contributed by atoms with Gasteiger partial charge in [-0.1, -0.05) is 20.3 Å². The van der Waals surface area contributed by atoms with Gasteiger partial charge in [0.05, 0.1) is 0 Å². The molecule has 1 heterocycles. The normalized spacial score (nSPS) is 25.8. The van der Waals surface area contributed by atoms with E-state index in [1.807, 2.05) is 16.7 Å². The first-order valence-corrected chi connectivity index (χ1v) is 7.21. The molecule has 1 saturated heterocycles. The molecule has 0 aromatic heterocycles. The molecule has 2 atom stereocenters. The van der Waals surface area contributed by atoms with Crippen molar-refractivity contribution in [3.8, 4) is 0 Å². The van der Waals surface area contributed by atoms with E-state index in [2.05, 4.69) is 13.8 Å². The van der Waals surface area contributed by atoms with Crippen LogP contribution in [0.1, 0.15) is 39.5 Å². The van der Waals surface area contributed by atoms with Crippen molar-refractivity contribution >= 4 is 17.7 Å². The van der Waals surface area contributed by atoms with E-state index >= 15 is 0 Å². The Kier molecular flexibility index (Phi) is 6.21. The van der Waals surface area contributed by atoms with Crippen LogP contribution in [0.25, 0.3) is 0 Å². The number of thioether (sulfide) groups is 1. The third kappa shape index (κ3) is 4.74. The van der Waals surface area contributed by atoms with Crippen molar-refractivity contribution in [2.45, 2.75) is 50.0 Å². The molecule has 2 N–H and O–H groups in total. The highest BCUT2D eigenvalue weighted by atomic mass is 32.2. The smallest absolute Gasteiger partial charge is 0.222 e. The molecule has 94 valence electrons. The Balaban J connectivity index is 2.24. The highest BCUT2D eigenvalue weighted by molar-refractivity contribution is 8.00. The first kappa shape index (κ1) is 13.8. The Bertz CT molecular complexity index is 213. The van der Waals surface area contributed by atoms with E-state index in [1.165, 1.54) is 0 Å². The number of amides is 1. The summed E-state index contributed by atoms with van der Waals surface area (Å²) in [6, 6.07) is 0. The molecule has 0 aromatic rings. The molecule has 2 unspecified atom stereocenters. The van der Waals surface area contributed by atoms with Gasteiger partial charge in [-0.15, -0.1) is 0 Å². The summed E-state index contributed by atoms with van der Waals surface area (Å²) in [7, 11) is 0. The Morgan fingerprint density at radius 2 is 1.88 bits per heavy atom. The maximum absolute atomic E-state index is 11.9. The molecule has 1 amide bonds. The maximum atomic E-state index is 11.9. The summed E-state index contributed by atoms with van der Waals surface area (Å²) in [6.07, 6.45) is 3.80. The molecule has 1 fully saturated rings. The second-order valence-electron chi connectivity index (χ2n) is 4.66. The van der Waals surface area contributed by atoms with Gasteiger partial charge in [-0.2, -0.15) is 11.8 Å². The van der Waals surface area contributed by atoms with E-state index < -0.39 is 0 Å². The van der Waals surface area contributed by atoms with E-state index in [0.717, 1.165) is 38.9 Å². The van der Waals surface area contributed by atoms with E-state index in [0.29, 0.717) is 22.8 Å². The second-order valence-corrected chi connectivity index (χ2v) is 6.54. The lowest BCUT2D eigenvalue weighted by Gasteiger charge is -2.34. The summed E-state index contributed by atoms with van der Waals surface area (Å²) < 4.78 is 0. The fourth-order valence-electron chi connectivity index (χ4n) is 2.14. The van der Waals surface area contributed by atoms with Gasteiger partial charge in [0.1, 0.15) is 0 Å². The lowest BCUT2D eigenvalue weighted by atomic mass is 10.1. The number of nitrogens with zero attached hydrogens (tertiary/aromatic N) is 1. The SMILES string of the molecule is CC1CN(C(=O)CCCCCN)CC(C)S1. The van der Waals surface area contributed by atoms with Crippen LogP contribution < -0.4 is 5.73 Å². The highest BCUT2D eigenvalue weighted by Crippen LogP contribution is 2.25. The molecule has 0 bridgehead atoms. The van der Waals surface area contributed by atoms with Crippen molar-refractivity contribution in [2.24, 2.45) is 5.73 Å². The molecule has 0 spiro atoms. The van der Waals surface area contributed by atoms with Crippen LogP contribution in [0.5, 0.6) is 0 Å². The molecular formula is C12H24N2OS. The average molecular weight is 244 g/mol. The van der Waals surface area contributed by atoms with Crippen molar-refractivity contribution in [2.75, 3.05) is 19.6 Å². The third-order valence-corrected chi connectivity index (χ3v) is 4.09. The van der Waals surface area contributed by atoms with Crippen LogP contribution in [-0.4, -0.2) is 40.9 Å². The van der Waals surface area contributed by atoms with Crippen LogP contribution in [0.2, 0.25) is 0 Å². The molecular weight excluding hydrogens is 220 g/mol. The first-order valence-electron chi connectivity index (χ1n) is 6.26. The van der Waals surface area contributed by atoms with E-state index in [1.54, 1.807) is 0 Å². The lowest BCUT2D eigenvalue weighted by Crippen LogP contribution is -2.43. The predicted octanol–water partition coefficient (Wildman–Crippen LogP) is 1.86. The Hall–Kier alpha value is -0.220. The van der Waals surface area contributed by atoms with Gasteiger partial charge >= 0.3 is 0 Å². The highest BCUT2D eigenvalue weighted by Gasteiger charge is 2.25. The number of hydrogen-bond acceptors (Lipinski definition) is 3. The molecule has 0 saturated carbocycles. The Morgan fingerprint density at radius 1 is 1.25 bits per heavy atom. The Labute approximate surface area is 103 Å². The lowest BCUT2D eigenvalue weighted by molar-refractivity contribution is -0.131. The van der Waals surface area contributed by atoms with Crippen LogP contribution in [-0.2, 0) is 4.79 Å². The van der Waals surface area contributed by atoms with Crippen molar-refractivity contribution in [3.05, 3.63) is 0 Å². The average Bonchev–Trinajstić information content (AvgIpc) is 2.22. The van der Waals surface area contributed by atoms with Crippen LogP contribution >= 0.6 is 11.8 Å². The number of carbonyl (C=O) groups excluding carboxylic acids is 1. The number of hydrogen-bond donors (Lipinski definition) is 1. The minimum absolute atomic E-state index is 0.330. The summed E-state index contributed by atoms with van der Waals surface area (Å²) in [5.74, 6) is 0.330. The summed E-state index contributed by atoms with van der Waals surface area (Å²) in [5.41, 5.74) is 5.43. The summed E-state index contributed by atoms with van der Waals surface area (Å²) >= 11 is 1.98. The van der Waals surface area contributed by atoms with E-state index in [9.17, 15) is 4.79 Å². The molecule has 0 aromatic carbocycles. The molecule has 3 nitrogen and oxygen atoms in total. The van der Waals surface area contributed by atoms with Crippen molar-refractivity contribution in [1.82, 2.24) is 4.90 Å². The molecule has 16 heavy (non-hydrogen) atoms. The minimum Gasteiger partial charge on any atom is -0.341 e. The Morgan fingerprint density at radius 3 is 2.44 bits per heavy atom.